The van der Waals surface area contributed by atoms with Gasteiger partial charge in [0, 0.05) is 17.8 Å². The Labute approximate surface area is 96.9 Å². The maximum absolute atomic E-state index is 8.11. The zero-order chi connectivity index (χ0) is 11.8. The second-order valence-corrected chi connectivity index (χ2v) is 3.97. The lowest BCUT2D eigenvalue weighted by molar-refractivity contribution is 1.15. The van der Waals surface area contributed by atoms with E-state index in [2.05, 4.69) is 18.7 Å². The summed E-state index contributed by atoms with van der Waals surface area (Å²) in [4.78, 5) is 0. The minimum absolute atomic E-state index is 0.603. The monoisotopic (exact) mass is 209 g/mol. The van der Waals surface area contributed by atoms with E-state index in [-0.39, 0.29) is 0 Å². The third-order valence-corrected chi connectivity index (χ3v) is 2.99. The summed E-state index contributed by atoms with van der Waals surface area (Å²) < 4.78 is 8.11. The lowest BCUT2D eigenvalue weighted by Crippen LogP contribution is -1.98. The Morgan fingerprint density at radius 2 is 1.69 bits per heavy atom. The van der Waals surface area contributed by atoms with Gasteiger partial charge < -0.3 is 5.31 Å². The van der Waals surface area contributed by atoms with Gasteiger partial charge in [-0.15, -0.1) is 0 Å². The largest absolute Gasteiger partial charge is 0.380 e. The summed E-state index contributed by atoms with van der Waals surface area (Å²) in [5, 5.41) is 1.53. The van der Waals surface area contributed by atoms with Gasteiger partial charge in [0.15, 0.2) is 1.41 Å². The SMILES string of the molecule is [3H]N1Cc2ccccc2C(=C)c2ccccc21. The van der Waals surface area contributed by atoms with Crippen LogP contribution in [-0.2, 0) is 6.54 Å². The number of rotatable bonds is 0. The predicted molar refractivity (Wildman–Crippen MR) is 68.3 cm³/mol. The molecule has 0 aliphatic carbocycles. The van der Waals surface area contributed by atoms with E-state index in [0.717, 1.165) is 28.0 Å². The first-order chi connectivity index (χ1) is 8.27. The summed E-state index contributed by atoms with van der Waals surface area (Å²) >= 11 is 0. The smallest absolute Gasteiger partial charge is 0.160 e. The van der Waals surface area contributed by atoms with Crippen molar-refractivity contribution >= 4 is 11.3 Å². The molecule has 2 aromatic carbocycles. The lowest BCUT2D eigenvalue weighted by atomic mass is 9.96. The summed E-state index contributed by atoms with van der Waals surface area (Å²) in [5.41, 5.74) is 5.28. The molecule has 78 valence electrons. The van der Waals surface area contributed by atoms with Crippen molar-refractivity contribution in [2.24, 2.45) is 0 Å². The van der Waals surface area contributed by atoms with Crippen LogP contribution in [0.4, 0.5) is 5.69 Å². The number of anilines is 1. The Morgan fingerprint density at radius 1 is 1.00 bits per heavy atom. The van der Waals surface area contributed by atoms with Crippen LogP contribution in [0, 0.1) is 0 Å². The lowest BCUT2D eigenvalue weighted by Gasteiger charge is -2.08. The van der Waals surface area contributed by atoms with Gasteiger partial charge in [0.05, 0.1) is 0 Å². The first-order valence-electron chi connectivity index (χ1n) is 5.85. The number of nitrogens with one attached hydrogen (secondary N) is 1. The van der Waals surface area contributed by atoms with Crippen molar-refractivity contribution < 1.29 is 1.41 Å². The minimum Gasteiger partial charge on any atom is -0.380 e. The van der Waals surface area contributed by atoms with E-state index in [1.54, 1.807) is 0 Å². The highest BCUT2D eigenvalue weighted by molar-refractivity contribution is 5.87. The van der Waals surface area contributed by atoms with E-state index < -0.39 is 0 Å². The fraction of sp³-hybridized carbons (Fsp3) is 0.0667. The molecule has 1 heteroatoms. The maximum Gasteiger partial charge on any atom is 0.160 e. The Kier molecular flexibility index (Phi) is 1.80. The van der Waals surface area contributed by atoms with Crippen molar-refractivity contribution in [2.45, 2.75) is 6.54 Å². The molecule has 1 N–H and O–H groups in total. The van der Waals surface area contributed by atoms with Crippen LogP contribution >= 0.6 is 0 Å². The predicted octanol–water partition coefficient (Wildman–Crippen LogP) is 3.67. The number of hydrogen-bond acceptors (Lipinski definition) is 1. The van der Waals surface area contributed by atoms with E-state index in [1.165, 1.54) is 5.31 Å². The number of hydrogen-bond donors (Lipinski definition) is 1. The Morgan fingerprint density at radius 3 is 2.56 bits per heavy atom. The van der Waals surface area contributed by atoms with Crippen molar-refractivity contribution in [1.82, 2.24) is 0 Å². The molecule has 1 aliphatic rings. The van der Waals surface area contributed by atoms with E-state index in [9.17, 15) is 0 Å². The molecule has 1 nitrogen and oxygen atoms in total. The molecule has 0 atom stereocenters. The van der Waals surface area contributed by atoms with Crippen LogP contribution in [0.25, 0.3) is 5.57 Å². The molecule has 0 amide bonds. The molecule has 16 heavy (non-hydrogen) atoms. The van der Waals surface area contributed by atoms with E-state index in [0.29, 0.717) is 6.54 Å². The second kappa shape index (κ2) is 3.53. The van der Waals surface area contributed by atoms with Crippen LogP contribution in [0.2, 0.25) is 1.41 Å². The van der Waals surface area contributed by atoms with Crippen molar-refractivity contribution in [3.8, 4) is 0 Å². The van der Waals surface area contributed by atoms with Crippen LogP contribution in [0.1, 0.15) is 16.7 Å². The molecule has 1 heterocycles. The summed E-state index contributed by atoms with van der Waals surface area (Å²) in [6.45, 7) is 4.78. The average molecular weight is 209 g/mol. The normalized spacial score (nSPS) is 14.9. The van der Waals surface area contributed by atoms with Crippen molar-refractivity contribution in [3.05, 3.63) is 71.8 Å². The number of para-hydroxylation sites is 1. The summed E-state index contributed by atoms with van der Waals surface area (Å²) in [5.74, 6) is 0. The van der Waals surface area contributed by atoms with Crippen LogP contribution < -0.4 is 5.31 Å². The molecule has 0 saturated heterocycles. The third-order valence-electron chi connectivity index (χ3n) is 2.99. The highest BCUT2D eigenvalue weighted by Gasteiger charge is 2.14. The quantitative estimate of drug-likeness (QED) is 0.698. The Bertz CT molecular complexity index is 589. The van der Waals surface area contributed by atoms with Gasteiger partial charge in [0.25, 0.3) is 0 Å². The van der Waals surface area contributed by atoms with Gasteiger partial charge in [0.2, 0.25) is 0 Å². The summed E-state index contributed by atoms with van der Waals surface area (Å²) in [7, 11) is 0. The van der Waals surface area contributed by atoms with Crippen LogP contribution in [0.3, 0.4) is 0 Å². The Balaban J connectivity index is 2.26. The maximum atomic E-state index is 8.11. The van der Waals surface area contributed by atoms with Gasteiger partial charge in [0.1, 0.15) is 0 Å². The summed E-state index contributed by atoms with van der Waals surface area (Å²) in [6, 6.07) is 16.1. The van der Waals surface area contributed by atoms with E-state index in [4.69, 9.17) is 1.41 Å². The van der Waals surface area contributed by atoms with Crippen molar-refractivity contribution in [2.75, 3.05) is 5.31 Å². The van der Waals surface area contributed by atoms with Crippen LogP contribution in [0.5, 0.6) is 0 Å². The first kappa shape index (κ1) is 8.17. The topological polar surface area (TPSA) is 12.0 Å². The molecule has 0 fully saturated rings. The van der Waals surface area contributed by atoms with Gasteiger partial charge in [-0.25, -0.2) is 0 Å². The molecular weight excluding hydrogens is 194 g/mol. The molecule has 0 aromatic heterocycles. The van der Waals surface area contributed by atoms with Gasteiger partial charge >= 0.3 is 0 Å². The molecular formula is C15H13N. The van der Waals surface area contributed by atoms with Crippen molar-refractivity contribution in [3.63, 3.8) is 0 Å². The zero-order valence-corrected chi connectivity index (χ0v) is 8.98. The van der Waals surface area contributed by atoms with Crippen LogP contribution in [-0.4, -0.2) is 0 Å². The molecule has 2 aromatic rings. The number of fused-ring (bicyclic) bond motifs is 2. The highest BCUT2D eigenvalue weighted by atomic mass is 14.9. The van der Waals surface area contributed by atoms with Crippen LogP contribution in [0.15, 0.2) is 55.1 Å². The third kappa shape index (κ3) is 1.33. The molecule has 1 aliphatic heterocycles. The van der Waals surface area contributed by atoms with Gasteiger partial charge in [-0.2, -0.15) is 0 Å². The standard InChI is InChI=1S/C15H13N/c1-11-13-7-3-2-6-12(13)10-16-15-9-5-4-8-14(11)15/h2-9,16H,1,10H2/i/hT. The zero-order valence-electron chi connectivity index (χ0n) is 9.98. The minimum atomic E-state index is 0.603. The van der Waals surface area contributed by atoms with Gasteiger partial charge in [-0.1, -0.05) is 49.0 Å². The molecule has 0 saturated carbocycles. The van der Waals surface area contributed by atoms with E-state index >= 15 is 0 Å². The van der Waals surface area contributed by atoms with Gasteiger partial charge in [-0.05, 0) is 22.8 Å². The molecule has 3 rings (SSSR count). The number of benzene rings is 2. The molecule has 0 bridgehead atoms. The Hall–Kier alpha value is -2.02. The van der Waals surface area contributed by atoms with E-state index in [1.807, 2.05) is 36.4 Å². The first-order valence-corrected chi connectivity index (χ1v) is 5.40. The highest BCUT2D eigenvalue weighted by Crippen LogP contribution is 2.33. The molecule has 0 unspecified atom stereocenters. The average Bonchev–Trinajstić information content (AvgIpc) is 2.48. The fourth-order valence-electron chi connectivity index (χ4n) is 2.13. The second-order valence-electron chi connectivity index (χ2n) is 3.97. The molecule has 0 radical (unpaired) electrons. The van der Waals surface area contributed by atoms with Gasteiger partial charge in [-0.3, -0.25) is 0 Å². The molecule has 0 spiro atoms. The van der Waals surface area contributed by atoms with Crippen molar-refractivity contribution in [1.29, 1.82) is 0 Å². The fourth-order valence-corrected chi connectivity index (χ4v) is 2.13. The summed E-state index contributed by atoms with van der Waals surface area (Å²) in [6.07, 6.45) is 0.